The number of aromatic nitrogens is 3. The van der Waals surface area contributed by atoms with Gasteiger partial charge in [0.2, 0.25) is 0 Å². The Morgan fingerprint density at radius 3 is 3.44 bits per heavy atom. The van der Waals surface area contributed by atoms with Gasteiger partial charge in [-0.15, -0.1) is 0 Å². The first-order chi connectivity index (χ1) is 4.88. The fourth-order valence-electron chi connectivity index (χ4n) is 0.720. The standard InChI is InChI=1S/C6H5N3/c1-2-5-6(7-3-1)9-4-8-5/h1-4H,(H,7,8,9)/i2D. The minimum Gasteiger partial charge on any atom is -0.343 e. The quantitative estimate of drug-likeness (QED) is 0.562. The number of nitrogens with zero attached hydrogens (tertiary/aromatic N) is 2. The van der Waals surface area contributed by atoms with Crippen molar-refractivity contribution in [2.45, 2.75) is 0 Å². The predicted molar refractivity (Wildman–Crippen MR) is 33.9 cm³/mol. The zero-order valence-corrected chi connectivity index (χ0v) is 4.63. The first-order valence-corrected chi connectivity index (χ1v) is 2.62. The Kier molecular flexibility index (Phi) is 0.621. The molecule has 2 heterocycles. The van der Waals surface area contributed by atoms with E-state index in [2.05, 4.69) is 15.0 Å². The van der Waals surface area contributed by atoms with Crippen LogP contribution in [0.2, 0.25) is 0 Å². The lowest BCUT2D eigenvalue weighted by Gasteiger charge is -1.80. The summed E-state index contributed by atoms with van der Waals surface area (Å²) in [5.41, 5.74) is 1.30. The zero-order chi connectivity index (χ0) is 6.97. The van der Waals surface area contributed by atoms with Gasteiger partial charge in [0.25, 0.3) is 0 Å². The molecule has 0 aliphatic rings. The molecule has 0 saturated carbocycles. The number of hydrogen-bond donors (Lipinski definition) is 1. The van der Waals surface area contributed by atoms with E-state index in [0.29, 0.717) is 17.2 Å². The Morgan fingerprint density at radius 1 is 1.56 bits per heavy atom. The van der Waals surface area contributed by atoms with Crippen LogP contribution >= 0.6 is 0 Å². The van der Waals surface area contributed by atoms with Gasteiger partial charge in [-0.05, 0) is 12.1 Å². The molecule has 0 saturated heterocycles. The van der Waals surface area contributed by atoms with Crippen molar-refractivity contribution < 1.29 is 1.37 Å². The second-order valence-corrected chi connectivity index (χ2v) is 1.69. The van der Waals surface area contributed by atoms with E-state index in [1.165, 1.54) is 6.33 Å². The molecule has 0 atom stereocenters. The number of nitrogens with one attached hydrogen (secondary N) is 1. The Morgan fingerprint density at radius 2 is 2.56 bits per heavy atom. The number of rotatable bonds is 0. The molecule has 0 aliphatic carbocycles. The van der Waals surface area contributed by atoms with Crippen molar-refractivity contribution in [2.75, 3.05) is 0 Å². The molecule has 0 radical (unpaired) electrons. The van der Waals surface area contributed by atoms with E-state index in [4.69, 9.17) is 1.37 Å². The van der Waals surface area contributed by atoms with Crippen molar-refractivity contribution >= 4 is 11.2 Å². The van der Waals surface area contributed by atoms with Gasteiger partial charge >= 0.3 is 0 Å². The van der Waals surface area contributed by atoms with Crippen molar-refractivity contribution in [1.82, 2.24) is 15.0 Å². The van der Waals surface area contributed by atoms with Crippen LogP contribution in [0.25, 0.3) is 11.2 Å². The van der Waals surface area contributed by atoms with Crippen molar-refractivity contribution in [1.29, 1.82) is 0 Å². The maximum absolute atomic E-state index is 7.37. The van der Waals surface area contributed by atoms with Gasteiger partial charge in [0.05, 0.1) is 13.2 Å². The van der Waals surface area contributed by atoms with Gasteiger partial charge in [0.1, 0.15) is 0 Å². The highest BCUT2D eigenvalue weighted by molar-refractivity contribution is 5.68. The average molecular weight is 120 g/mol. The molecule has 0 unspecified atom stereocenters. The second kappa shape index (κ2) is 1.55. The highest BCUT2D eigenvalue weighted by Gasteiger charge is 1.90. The third-order valence-electron chi connectivity index (χ3n) is 1.12. The van der Waals surface area contributed by atoms with Gasteiger partial charge in [0.15, 0.2) is 5.65 Å². The Labute approximate surface area is 53.2 Å². The normalized spacial score (nSPS) is 11.8. The van der Waals surface area contributed by atoms with Gasteiger partial charge in [-0.25, -0.2) is 9.97 Å². The molecule has 0 bridgehead atoms. The Bertz CT molecular complexity index is 355. The van der Waals surface area contributed by atoms with E-state index in [9.17, 15) is 0 Å². The van der Waals surface area contributed by atoms with Crippen LogP contribution in [0.4, 0.5) is 0 Å². The summed E-state index contributed by atoms with van der Waals surface area (Å²) in [4.78, 5) is 10.7. The van der Waals surface area contributed by atoms with Crippen LogP contribution in [-0.2, 0) is 0 Å². The monoisotopic (exact) mass is 120 g/mol. The van der Waals surface area contributed by atoms with E-state index < -0.39 is 0 Å². The summed E-state index contributed by atoms with van der Waals surface area (Å²) >= 11 is 0. The number of hydrogen-bond acceptors (Lipinski definition) is 2. The van der Waals surface area contributed by atoms with Crippen molar-refractivity contribution in [3.8, 4) is 0 Å². The molecule has 0 spiro atoms. The van der Waals surface area contributed by atoms with Gasteiger partial charge in [-0.1, -0.05) is 0 Å². The number of H-pyrrole nitrogens is 1. The summed E-state index contributed by atoms with van der Waals surface area (Å²) in [7, 11) is 0. The van der Waals surface area contributed by atoms with Gasteiger partial charge in [0, 0.05) is 6.20 Å². The van der Waals surface area contributed by atoms with E-state index in [0.717, 1.165) is 0 Å². The molecular weight excluding hydrogens is 114 g/mol. The van der Waals surface area contributed by atoms with E-state index in [-0.39, 0.29) is 0 Å². The smallest absolute Gasteiger partial charge is 0.177 e. The number of fused-ring (bicyclic) bond motifs is 1. The topological polar surface area (TPSA) is 41.6 Å². The number of imidazole rings is 1. The molecule has 0 aliphatic heterocycles. The fraction of sp³-hybridized carbons (Fsp3) is 0. The SMILES string of the molecule is [2H]c1ccnc2nc[nH]c12. The van der Waals surface area contributed by atoms with Gasteiger partial charge < -0.3 is 4.98 Å². The van der Waals surface area contributed by atoms with Crippen molar-refractivity contribution in [2.24, 2.45) is 0 Å². The Balaban J connectivity index is 2.95. The third kappa shape index (κ3) is 0.579. The maximum Gasteiger partial charge on any atom is 0.177 e. The molecule has 3 heteroatoms. The van der Waals surface area contributed by atoms with Crippen LogP contribution in [0.15, 0.2) is 24.6 Å². The summed E-state index contributed by atoms with van der Waals surface area (Å²) in [5, 5.41) is 0. The molecule has 0 aromatic carbocycles. The summed E-state index contributed by atoms with van der Waals surface area (Å²) in [5.74, 6) is 0. The molecule has 2 rings (SSSR count). The summed E-state index contributed by atoms with van der Waals surface area (Å²) in [6.45, 7) is 0. The number of aromatic amines is 1. The summed E-state index contributed by atoms with van der Waals surface area (Å²) in [6, 6.07) is 2.06. The van der Waals surface area contributed by atoms with Crippen LogP contribution in [0, 0.1) is 0 Å². The third-order valence-corrected chi connectivity index (χ3v) is 1.12. The lowest BCUT2D eigenvalue weighted by atomic mass is 10.4. The molecule has 0 amide bonds. The van der Waals surface area contributed by atoms with Crippen molar-refractivity contribution in [3.63, 3.8) is 0 Å². The highest BCUT2D eigenvalue weighted by Crippen LogP contribution is 2.01. The number of pyridine rings is 1. The zero-order valence-electron chi connectivity index (χ0n) is 5.63. The molecule has 9 heavy (non-hydrogen) atoms. The van der Waals surface area contributed by atoms with Gasteiger partial charge in [-0.3, -0.25) is 0 Å². The van der Waals surface area contributed by atoms with Crippen molar-refractivity contribution in [3.05, 3.63) is 24.6 Å². The molecule has 44 valence electrons. The minimum absolute atomic E-state index is 0.433. The molecule has 1 N–H and O–H groups in total. The van der Waals surface area contributed by atoms with Crippen LogP contribution in [0.3, 0.4) is 0 Å². The lowest BCUT2D eigenvalue weighted by Crippen LogP contribution is -1.71. The highest BCUT2D eigenvalue weighted by atomic mass is 14.9. The average Bonchev–Trinajstić information content (AvgIpc) is 2.36. The van der Waals surface area contributed by atoms with E-state index in [1.54, 1.807) is 12.3 Å². The fourth-order valence-corrected chi connectivity index (χ4v) is 0.720. The first kappa shape index (κ1) is 3.61. The molecule has 3 nitrogen and oxygen atoms in total. The van der Waals surface area contributed by atoms with Crippen LogP contribution in [-0.4, -0.2) is 15.0 Å². The summed E-state index contributed by atoms with van der Waals surface area (Å²) in [6.07, 6.45) is 3.11. The largest absolute Gasteiger partial charge is 0.343 e. The summed E-state index contributed by atoms with van der Waals surface area (Å²) < 4.78 is 7.37. The van der Waals surface area contributed by atoms with Crippen LogP contribution in [0.1, 0.15) is 1.37 Å². The molecular formula is C6H5N3. The predicted octanol–water partition coefficient (Wildman–Crippen LogP) is 0.958. The molecule has 2 aromatic rings. The minimum atomic E-state index is 0.433. The van der Waals surface area contributed by atoms with Crippen LogP contribution < -0.4 is 0 Å². The maximum atomic E-state index is 7.37. The lowest BCUT2D eigenvalue weighted by molar-refractivity contribution is 1.30. The van der Waals surface area contributed by atoms with E-state index in [1.807, 2.05) is 0 Å². The first-order valence-electron chi connectivity index (χ1n) is 3.12. The van der Waals surface area contributed by atoms with Gasteiger partial charge in [-0.2, -0.15) is 0 Å². The molecule has 0 fully saturated rings. The van der Waals surface area contributed by atoms with E-state index >= 15 is 0 Å². The molecule has 2 aromatic heterocycles. The second-order valence-electron chi connectivity index (χ2n) is 1.69. The Hall–Kier alpha value is -1.38. The van der Waals surface area contributed by atoms with Crippen LogP contribution in [0.5, 0.6) is 0 Å².